The van der Waals surface area contributed by atoms with Crippen LogP contribution >= 0.6 is 0 Å². The van der Waals surface area contributed by atoms with E-state index < -0.39 is 27.0 Å². The van der Waals surface area contributed by atoms with Crippen molar-refractivity contribution in [3.8, 4) is 22.3 Å². The zero-order valence-corrected chi connectivity index (χ0v) is 49.3. The van der Waals surface area contributed by atoms with Gasteiger partial charge in [-0.1, -0.05) is 109 Å². The molecule has 0 fully saturated rings. The molecule has 0 aliphatic rings. The Balaban J connectivity index is 0.000000195. The number of aromatic carboxylic acids is 1. The number of nitrogens with one attached hydrogen (secondary N) is 1. The molecule has 19 nitrogen and oxygen atoms in total. The van der Waals surface area contributed by atoms with Crippen LogP contribution in [0.3, 0.4) is 0 Å². The summed E-state index contributed by atoms with van der Waals surface area (Å²) in [6.07, 6.45) is 3.41. The number of carbonyl (C=O) groups is 4. The number of nitro benzene ring substituents is 2. The molecule has 2 aromatic heterocycles. The first-order valence-electron chi connectivity index (χ1n) is 27.8. The lowest BCUT2D eigenvalue weighted by atomic mass is 9.98. The number of carbonyl (C=O) groups excluding carboxylic acids is 3. The van der Waals surface area contributed by atoms with Crippen LogP contribution in [0.2, 0.25) is 0 Å². The van der Waals surface area contributed by atoms with E-state index in [1.165, 1.54) is 24.3 Å². The highest BCUT2D eigenvalue weighted by Gasteiger charge is 2.23. The van der Waals surface area contributed by atoms with Gasteiger partial charge in [0.05, 0.1) is 69.1 Å². The molecule has 10 rings (SSSR count). The molecule has 4 N–H and O–H groups in total. The molecule has 0 saturated carbocycles. The van der Waals surface area contributed by atoms with Crippen molar-refractivity contribution in [1.82, 2.24) is 24.9 Å². The molecule has 19 heteroatoms. The minimum absolute atomic E-state index is 0.00390. The Kier molecular flexibility index (Phi) is 19.3. The van der Waals surface area contributed by atoms with Gasteiger partial charge in [0.2, 0.25) is 0 Å². The molecular weight excluding hydrogens is 1100 g/mol. The summed E-state index contributed by atoms with van der Waals surface area (Å²) in [6, 6.07) is 53.2. The first-order chi connectivity index (χ1) is 41.3. The highest BCUT2D eigenvalue weighted by Crippen LogP contribution is 2.30. The van der Waals surface area contributed by atoms with E-state index >= 15 is 0 Å². The predicted molar refractivity (Wildman–Crippen MR) is 333 cm³/mol. The quantitative estimate of drug-likeness (QED) is 0.0490. The Hall–Kier alpha value is -10.7. The number of ether oxygens (including phenoxy) is 2. The summed E-state index contributed by atoms with van der Waals surface area (Å²) in [7, 11) is 0. The minimum Gasteiger partial charge on any atom is -0.478 e. The van der Waals surface area contributed by atoms with Gasteiger partial charge >= 0.3 is 17.9 Å². The third kappa shape index (κ3) is 16.4. The molecule has 0 aliphatic heterocycles. The number of aromatic nitrogens is 4. The molecule has 444 valence electrons. The Morgan fingerprint density at radius 1 is 0.552 bits per heavy atom. The Bertz CT molecular complexity index is 4120. The molecule has 0 bridgehead atoms. The monoisotopic (exact) mass is 1170 g/mol. The number of esters is 2. The summed E-state index contributed by atoms with van der Waals surface area (Å²) in [5.74, 6) is -1.91. The van der Waals surface area contributed by atoms with Gasteiger partial charge in [-0.15, -0.1) is 0 Å². The zero-order chi connectivity index (χ0) is 62.7. The molecule has 0 radical (unpaired) electrons. The van der Waals surface area contributed by atoms with Crippen LogP contribution in [0, 0.1) is 20.2 Å². The summed E-state index contributed by atoms with van der Waals surface area (Å²) in [5.41, 5.74) is 15.3. The number of fused-ring (bicyclic) bond motifs is 2. The van der Waals surface area contributed by atoms with Crippen molar-refractivity contribution in [3.63, 3.8) is 0 Å². The number of carboxylic acid groups (broad SMARTS) is 1. The Morgan fingerprint density at radius 2 is 0.943 bits per heavy atom. The van der Waals surface area contributed by atoms with Crippen LogP contribution in [0.15, 0.2) is 194 Å². The maximum Gasteiger partial charge on any atom is 0.339 e. The molecule has 0 spiro atoms. The lowest BCUT2D eigenvalue weighted by molar-refractivity contribution is -0.385. The third-order valence-electron chi connectivity index (χ3n) is 13.7. The van der Waals surface area contributed by atoms with Crippen molar-refractivity contribution in [3.05, 3.63) is 259 Å². The first-order valence-corrected chi connectivity index (χ1v) is 27.8. The standard InChI is InChI=1S/C34H32N4O5.C26H24N2O4.C8H10N2O2/c1-22(24-13-16-28(17-14-24)38(41)42)36-32(39)26-15-18-31-27(19-26)20-35-37(31)21-23-9-11-25(12-10-23)29-7-5-6-8-30(29)33(40)43-34(2,3)4;1-26(2,3)32-25(31)22-7-5-4-6-21(22)18-10-8-17(9-11-18)16-28-23-13-12-19(24(29)30)14-20(23)15-27-28;1-6(9)7-2-4-8(5-3-7)10(11)12/h5-20,22H,21H2,1-4H3,(H,36,39);4-15H,16H2,1-3H3,(H,29,30);2-6H,9H2,1H3/t22-;;6-/m0.0/s1. The van der Waals surface area contributed by atoms with E-state index in [1.54, 1.807) is 79.1 Å². The fourth-order valence-electron chi connectivity index (χ4n) is 9.27. The van der Waals surface area contributed by atoms with Crippen LogP contribution in [0.4, 0.5) is 11.4 Å². The van der Waals surface area contributed by atoms with Crippen LogP contribution in [0.1, 0.15) is 131 Å². The Morgan fingerprint density at radius 3 is 1.33 bits per heavy atom. The van der Waals surface area contributed by atoms with Crippen LogP contribution in [0.5, 0.6) is 0 Å². The maximum absolute atomic E-state index is 13.0. The van der Waals surface area contributed by atoms with E-state index in [1.807, 2.05) is 156 Å². The van der Waals surface area contributed by atoms with Gasteiger partial charge in [0, 0.05) is 46.6 Å². The normalized spacial score (nSPS) is 11.9. The highest BCUT2D eigenvalue weighted by molar-refractivity contribution is 5.99. The van der Waals surface area contributed by atoms with E-state index in [0.29, 0.717) is 29.8 Å². The van der Waals surface area contributed by atoms with E-state index in [0.717, 1.165) is 66.3 Å². The average molecular weight is 1170 g/mol. The number of hydrogen-bond acceptors (Lipinski definition) is 13. The number of amides is 1. The van der Waals surface area contributed by atoms with Gasteiger partial charge in [0.1, 0.15) is 11.2 Å². The second kappa shape index (κ2) is 26.9. The van der Waals surface area contributed by atoms with Gasteiger partial charge in [-0.05, 0) is 148 Å². The second-order valence-electron chi connectivity index (χ2n) is 22.6. The van der Waals surface area contributed by atoms with Gasteiger partial charge in [-0.2, -0.15) is 10.2 Å². The summed E-state index contributed by atoms with van der Waals surface area (Å²) in [6.45, 7) is 15.8. The fourth-order valence-corrected chi connectivity index (χ4v) is 9.27. The molecule has 2 heterocycles. The van der Waals surface area contributed by atoms with E-state index in [2.05, 4.69) is 15.5 Å². The van der Waals surface area contributed by atoms with Crippen molar-refractivity contribution in [2.24, 2.45) is 5.73 Å². The Labute approximate surface area is 502 Å². The van der Waals surface area contributed by atoms with Crippen molar-refractivity contribution in [2.75, 3.05) is 0 Å². The largest absolute Gasteiger partial charge is 0.478 e. The van der Waals surface area contributed by atoms with Crippen molar-refractivity contribution in [2.45, 2.75) is 91.8 Å². The molecule has 0 saturated heterocycles. The number of nitro groups is 2. The summed E-state index contributed by atoms with van der Waals surface area (Å²) < 4.78 is 14.9. The summed E-state index contributed by atoms with van der Waals surface area (Å²) >= 11 is 0. The molecule has 87 heavy (non-hydrogen) atoms. The van der Waals surface area contributed by atoms with Gasteiger partial charge in [0.25, 0.3) is 17.3 Å². The van der Waals surface area contributed by atoms with Gasteiger partial charge in [0.15, 0.2) is 0 Å². The maximum atomic E-state index is 13.0. The predicted octanol–water partition coefficient (Wildman–Crippen LogP) is 14.1. The average Bonchev–Trinajstić information content (AvgIpc) is 2.40. The molecule has 1 amide bonds. The van der Waals surface area contributed by atoms with Gasteiger partial charge < -0.3 is 25.6 Å². The van der Waals surface area contributed by atoms with Crippen LogP contribution < -0.4 is 11.1 Å². The zero-order valence-electron chi connectivity index (χ0n) is 49.3. The van der Waals surface area contributed by atoms with Crippen molar-refractivity contribution in [1.29, 1.82) is 0 Å². The lowest BCUT2D eigenvalue weighted by Gasteiger charge is -2.20. The number of rotatable bonds is 15. The molecule has 0 unspecified atom stereocenters. The second-order valence-corrected chi connectivity index (χ2v) is 22.6. The van der Waals surface area contributed by atoms with Crippen LogP contribution in [0.25, 0.3) is 44.1 Å². The number of nitrogens with two attached hydrogens (primary N) is 1. The molecular formula is C68H66N8O11. The molecule has 2 atom stereocenters. The van der Waals surface area contributed by atoms with Crippen molar-refractivity contribution >= 4 is 57.0 Å². The molecule has 8 aromatic carbocycles. The molecule has 0 aliphatic carbocycles. The number of hydrogen-bond donors (Lipinski definition) is 3. The lowest BCUT2D eigenvalue weighted by Crippen LogP contribution is -2.26. The van der Waals surface area contributed by atoms with Crippen LogP contribution in [-0.4, -0.2) is 69.5 Å². The highest BCUT2D eigenvalue weighted by atomic mass is 16.6. The SMILES string of the molecule is CC(C)(C)OC(=O)c1ccccc1-c1ccc(Cn2ncc3cc(C(=O)O)ccc32)cc1.C[C@H](N)c1ccc([N+](=O)[O-])cc1.C[C@H](NC(=O)c1ccc2c(cnn2Cc2ccc(-c3ccccc3C(=O)OC(C)(C)C)cc2)c1)c1ccc([N+](=O)[O-])cc1. The minimum atomic E-state index is -0.957. The van der Waals surface area contributed by atoms with Crippen molar-refractivity contribution < 1.29 is 43.6 Å². The third-order valence-corrected chi connectivity index (χ3v) is 13.7. The number of non-ortho nitro benzene ring substituents is 2. The van der Waals surface area contributed by atoms with Crippen LogP contribution in [-0.2, 0) is 22.6 Å². The first kappa shape index (κ1) is 62.4. The van der Waals surface area contributed by atoms with E-state index in [-0.39, 0.29) is 46.9 Å². The van der Waals surface area contributed by atoms with Gasteiger partial charge in [-0.3, -0.25) is 34.4 Å². The number of nitrogens with zero attached hydrogens (tertiary/aromatic N) is 6. The number of benzene rings is 8. The smallest absolute Gasteiger partial charge is 0.339 e. The van der Waals surface area contributed by atoms with E-state index in [9.17, 15) is 39.4 Å². The number of carboxylic acids is 1. The topological polar surface area (TPSA) is 267 Å². The summed E-state index contributed by atoms with van der Waals surface area (Å²) in [4.78, 5) is 69.9. The van der Waals surface area contributed by atoms with E-state index in [4.69, 9.17) is 20.3 Å². The molecule has 10 aromatic rings. The fraction of sp³-hybridized carbons (Fsp3) is 0.206. The van der Waals surface area contributed by atoms with Gasteiger partial charge in [-0.25, -0.2) is 14.4 Å². The summed E-state index contributed by atoms with van der Waals surface area (Å²) in [5, 5.41) is 43.8.